The third-order valence-corrected chi connectivity index (χ3v) is 4.44. The number of pyridine rings is 1. The van der Waals surface area contributed by atoms with Gasteiger partial charge >= 0.3 is 0 Å². The lowest BCUT2D eigenvalue weighted by molar-refractivity contribution is -0.117. The van der Waals surface area contributed by atoms with Crippen LogP contribution in [-0.4, -0.2) is 20.4 Å². The minimum Gasteiger partial charge on any atom is -0.331 e. The van der Waals surface area contributed by atoms with E-state index in [0.29, 0.717) is 5.82 Å². The van der Waals surface area contributed by atoms with Crippen LogP contribution in [0.5, 0.6) is 0 Å². The second-order valence-electron chi connectivity index (χ2n) is 6.14. The number of benzene rings is 1. The van der Waals surface area contributed by atoms with Gasteiger partial charge in [-0.2, -0.15) is 0 Å². The number of carbonyl (C=O) groups is 1. The molecule has 1 N–H and O–H groups in total. The topological polar surface area (TPSA) is 59.8 Å². The lowest BCUT2D eigenvalue weighted by atomic mass is 10.1. The van der Waals surface area contributed by atoms with Crippen LogP contribution in [0.3, 0.4) is 0 Å². The van der Waals surface area contributed by atoms with Gasteiger partial charge in [-0.3, -0.25) is 4.79 Å². The van der Waals surface area contributed by atoms with Gasteiger partial charge in [-0.05, 0) is 37.3 Å². The molecule has 0 atom stereocenters. The van der Waals surface area contributed by atoms with Crippen LogP contribution in [0, 0.1) is 12.8 Å². The number of rotatable bonds is 3. The summed E-state index contributed by atoms with van der Waals surface area (Å²) in [6, 6.07) is 8.16. The molecular formula is C18H18N4O. The number of amides is 1. The first kappa shape index (κ1) is 13.9. The van der Waals surface area contributed by atoms with Gasteiger partial charge in [-0.1, -0.05) is 12.1 Å². The highest BCUT2D eigenvalue weighted by atomic mass is 16.2. The van der Waals surface area contributed by atoms with E-state index in [-0.39, 0.29) is 11.8 Å². The van der Waals surface area contributed by atoms with Crippen LogP contribution in [0.15, 0.2) is 36.7 Å². The molecule has 1 aliphatic carbocycles. The van der Waals surface area contributed by atoms with Crippen molar-refractivity contribution >= 4 is 22.5 Å². The van der Waals surface area contributed by atoms with Crippen molar-refractivity contribution in [1.82, 2.24) is 14.5 Å². The average Bonchev–Trinajstić information content (AvgIpc) is 3.34. The molecule has 1 aliphatic rings. The second-order valence-corrected chi connectivity index (χ2v) is 6.14. The number of imidazole rings is 1. The van der Waals surface area contributed by atoms with Crippen LogP contribution >= 0.6 is 0 Å². The van der Waals surface area contributed by atoms with E-state index in [1.165, 1.54) is 0 Å². The molecule has 5 nitrogen and oxygen atoms in total. The Bertz CT molecular complexity index is 909. The van der Waals surface area contributed by atoms with Crippen LogP contribution in [0.25, 0.3) is 22.0 Å². The maximum absolute atomic E-state index is 11.9. The maximum Gasteiger partial charge on any atom is 0.228 e. The monoisotopic (exact) mass is 306 g/mol. The predicted molar refractivity (Wildman–Crippen MR) is 90.0 cm³/mol. The summed E-state index contributed by atoms with van der Waals surface area (Å²) in [5.41, 5.74) is 2.18. The van der Waals surface area contributed by atoms with Crippen molar-refractivity contribution in [3.63, 3.8) is 0 Å². The van der Waals surface area contributed by atoms with Crippen molar-refractivity contribution in [2.45, 2.75) is 19.8 Å². The number of fused-ring (bicyclic) bond motifs is 1. The molecule has 0 aliphatic heterocycles. The van der Waals surface area contributed by atoms with Crippen LogP contribution < -0.4 is 5.32 Å². The van der Waals surface area contributed by atoms with Gasteiger partial charge < -0.3 is 9.88 Å². The van der Waals surface area contributed by atoms with E-state index < -0.39 is 0 Å². The molecule has 1 aromatic carbocycles. The molecule has 0 bridgehead atoms. The van der Waals surface area contributed by atoms with E-state index in [1.54, 1.807) is 6.20 Å². The zero-order chi connectivity index (χ0) is 16.0. The standard InChI is InChI=1S/C18H18N4O/c1-11-19-10-16(22(11)2)13-5-6-14-9-20-17(8-15(14)7-13)21-18(23)12-3-4-12/h5-10,12H,3-4H2,1-2H3,(H,20,21,23). The Kier molecular flexibility index (Phi) is 3.15. The Balaban J connectivity index is 1.71. The minimum absolute atomic E-state index is 0.0789. The molecule has 5 heteroatoms. The highest BCUT2D eigenvalue weighted by molar-refractivity contribution is 5.95. The summed E-state index contributed by atoms with van der Waals surface area (Å²) < 4.78 is 2.07. The summed E-state index contributed by atoms with van der Waals surface area (Å²) in [7, 11) is 2.01. The van der Waals surface area contributed by atoms with E-state index in [0.717, 1.165) is 40.7 Å². The van der Waals surface area contributed by atoms with E-state index in [4.69, 9.17) is 0 Å². The fraction of sp³-hybridized carbons (Fsp3) is 0.278. The van der Waals surface area contributed by atoms with Gasteiger partial charge in [-0.25, -0.2) is 9.97 Å². The highest BCUT2D eigenvalue weighted by Crippen LogP contribution is 2.30. The number of hydrogen-bond acceptors (Lipinski definition) is 3. The van der Waals surface area contributed by atoms with Gasteiger partial charge in [-0.15, -0.1) is 0 Å². The summed E-state index contributed by atoms with van der Waals surface area (Å²) in [5, 5.41) is 5.01. The molecule has 116 valence electrons. The molecular weight excluding hydrogens is 288 g/mol. The molecule has 0 saturated heterocycles. The minimum atomic E-state index is 0.0789. The van der Waals surface area contributed by atoms with Crippen molar-refractivity contribution in [2.24, 2.45) is 13.0 Å². The molecule has 1 fully saturated rings. The summed E-state index contributed by atoms with van der Waals surface area (Å²) >= 11 is 0. The van der Waals surface area contributed by atoms with Gasteiger partial charge in [0, 0.05) is 30.1 Å². The molecule has 0 spiro atoms. The fourth-order valence-electron chi connectivity index (χ4n) is 2.71. The Morgan fingerprint density at radius 2 is 2.00 bits per heavy atom. The SMILES string of the molecule is Cc1ncc(-c2ccc3cnc(NC(=O)C4CC4)cc3c2)n1C. The summed E-state index contributed by atoms with van der Waals surface area (Å²) in [4.78, 5) is 20.6. The van der Waals surface area contributed by atoms with Crippen molar-refractivity contribution in [3.8, 4) is 11.3 Å². The first-order valence-electron chi connectivity index (χ1n) is 7.81. The summed E-state index contributed by atoms with van der Waals surface area (Å²) in [5.74, 6) is 1.85. The zero-order valence-electron chi connectivity index (χ0n) is 13.2. The summed E-state index contributed by atoms with van der Waals surface area (Å²) in [6.45, 7) is 1.99. The number of carbonyl (C=O) groups excluding carboxylic acids is 1. The zero-order valence-corrected chi connectivity index (χ0v) is 13.2. The Hall–Kier alpha value is -2.69. The Labute approximate surface area is 134 Å². The van der Waals surface area contributed by atoms with E-state index in [1.807, 2.05) is 32.3 Å². The number of anilines is 1. The Morgan fingerprint density at radius 1 is 1.17 bits per heavy atom. The lowest BCUT2D eigenvalue weighted by Gasteiger charge is -2.08. The number of hydrogen-bond donors (Lipinski definition) is 1. The molecule has 2 heterocycles. The quantitative estimate of drug-likeness (QED) is 0.807. The summed E-state index contributed by atoms with van der Waals surface area (Å²) in [6.07, 6.45) is 5.66. The molecule has 0 unspecified atom stereocenters. The number of aromatic nitrogens is 3. The molecule has 0 radical (unpaired) electrons. The van der Waals surface area contributed by atoms with Gasteiger partial charge in [0.15, 0.2) is 0 Å². The molecule has 2 aromatic heterocycles. The van der Waals surface area contributed by atoms with E-state index in [2.05, 4.69) is 32.0 Å². The van der Waals surface area contributed by atoms with Crippen LogP contribution in [-0.2, 0) is 11.8 Å². The maximum atomic E-state index is 11.9. The molecule has 3 aromatic rings. The highest BCUT2D eigenvalue weighted by Gasteiger charge is 2.29. The molecule has 1 saturated carbocycles. The Morgan fingerprint density at radius 3 is 2.70 bits per heavy atom. The smallest absolute Gasteiger partial charge is 0.228 e. The second kappa shape index (κ2) is 5.19. The number of nitrogens with one attached hydrogen (secondary N) is 1. The fourth-order valence-corrected chi connectivity index (χ4v) is 2.71. The molecule has 4 rings (SSSR count). The van der Waals surface area contributed by atoms with Gasteiger partial charge in [0.05, 0.1) is 11.9 Å². The first-order chi connectivity index (χ1) is 11.1. The third-order valence-electron chi connectivity index (χ3n) is 4.44. The van der Waals surface area contributed by atoms with Crippen LogP contribution in [0.4, 0.5) is 5.82 Å². The molecule has 23 heavy (non-hydrogen) atoms. The van der Waals surface area contributed by atoms with Crippen molar-refractivity contribution in [3.05, 3.63) is 42.5 Å². The van der Waals surface area contributed by atoms with Crippen LogP contribution in [0.2, 0.25) is 0 Å². The average molecular weight is 306 g/mol. The molecule has 1 amide bonds. The van der Waals surface area contributed by atoms with Crippen molar-refractivity contribution in [1.29, 1.82) is 0 Å². The first-order valence-corrected chi connectivity index (χ1v) is 7.81. The normalized spacial score (nSPS) is 14.2. The van der Waals surface area contributed by atoms with Gasteiger partial charge in [0.1, 0.15) is 11.6 Å². The van der Waals surface area contributed by atoms with Crippen LogP contribution in [0.1, 0.15) is 18.7 Å². The van der Waals surface area contributed by atoms with E-state index in [9.17, 15) is 4.79 Å². The van der Waals surface area contributed by atoms with Gasteiger partial charge in [0.25, 0.3) is 0 Å². The largest absolute Gasteiger partial charge is 0.331 e. The number of aryl methyl sites for hydroxylation is 1. The van der Waals surface area contributed by atoms with Gasteiger partial charge in [0.2, 0.25) is 5.91 Å². The van der Waals surface area contributed by atoms with Crippen molar-refractivity contribution in [2.75, 3.05) is 5.32 Å². The third kappa shape index (κ3) is 2.59. The predicted octanol–water partition coefficient (Wildman–Crippen LogP) is 3.29. The number of nitrogens with zero attached hydrogens (tertiary/aromatic N) is 3. The van der Waals surface area contributed by atoms with E-state index >= 15 is 0 Å². The lowest BCUT2D eigenvalue weighted by Crippen LogP contribution is -2.14. The van der Waals surface area contributed by atoms with Crippen molar-refractivity contribution < 1.29 is 4.79 Å².